The van der Waals surface area contributed by atoms with E-state index in [1.807, 2.05) is 13.8 Å². The molecule has 0 fully saturated rings. The molecule has 3 aromatic rings. The molecule has 0 bridgehead atoms. The molecule has 0 spiro atoms. The second kappa shape index (κ2) is 9.92. The molecule has 31 heavy (non-hydrogen) atoms. The van der Waals surface area contributed by atoms with Gasteiger partial charge in [0.25, 0.3) is 5.91 Å². The number of aromatic nitrogens is 2. The lowest BCUT2D eigenvalue weighted by Crippen LogP contribution is -2.17. The van der Waals surface area contributed by atoms with Crippen molar-refractivity contribution in [2.24, 2.45) is 5.73 Å². The van der Waals surface area contributed by atoms with Crippen molar-refractivity contribution in [2.45, 2.75) is 26.8 Å². The molecule has 0 aliphatic carbocycles. The van der Waals surface area contributed by atoms with E-state index in [2.05, 4.69) is 9.84 Å². The lowest BCUT2D eigenvalue weighted by Gasteiger charge is -2.09. The molecular formula is C20H18F5N3O3. The number of hydrogen-bond acceptors (Lipinski definition) is 4. The molecule has 3 rings (SSSR count). The van der Waals surface area contributed by atoms with Crippen molar-refractivity contribution in [2.75, 3.05) is 0 Å². The highest BCUT2D eigenvalue weighted by Gasteiger charge is 2.31. The Kier molecular flexibility index (Phi) is 7.56. The molecule has 0 atom stereocenters. The zero-order chi connectivity index (χ0) is 23.2. The molecule has 0 saturated carbocycles. The predicted molar refractivity (Wildman–Crippen MR) is 101 cm³/mol. The van der Waals surface area contributed by atoms with Crippen molar-refractivity contribution in [1.29, 1.82) is 0 Å². The molecule has 1 aromatic heterocycles. The molecule has 166 valence electrons. The van der Waals surface area contributed by atoms with Gasteiger partial charge in [-0.25, -0.2) is 13.5 Å². The van der Waals surface area contributed by atoms with E-state index in [0.717, 1.165) is 24.3 Å². The van der Waals surface area contributed by atoms with Gasteiger partial charge in [-0.3, -0.25) is 4.79 Å². The predicted octanol–water partition coefficient (Wildman–Crippen LogP) is 4.75. The smallest absolute Gasteiger partial charge is 0.484 e. The molecule has 2 N–H and O–H groups in total. The maximum Gasteiger partial charge on any atom is 0.573 e. The Morgan fingerprint density at radius 3 is 2.29 bits per heavy atom. The first kappa shape index (κ1) is 23.6. The van der Waals surface area contributed by atoms with Crippen LogP contribution in [0.5, 0.6) is 11.5 Å². The van der Waals surface area contributed by atoms with Gasteiger partial charge in [0, 0.05) is 6.20 Å². The summed E-state index contributed by atoms with van der Waals surface area (Å²) < 4.78 is 74.5. The second-order valence-electron chi connectivity index (χ2n) is 5.68. The topological polar surface area (TPSA) is 79.4 Å². The van der Waals surface area contributed by atoms with Crippen molar-refractivity contribution in [1.82, 2.24) is 9.78 Å². The number of nitrogens with two attached hydrogens (primary N) is 1. The highest BCUT2D eigenvalue weighted by molar-refractivity contribution is 5.93. The SMILES string of the molecule is CC.NC(=O)c1c(F)ccc(OCc2ccn(-c3ccc(OC(F)(F)F)cc3)n2)c1F. The molecule has 2 aromatic carbocycles. The number of halogens is 5. The fourth-order valence-corrected chi connectivity index (χ4v) is 2.41. The van der Waals surface area contributed by atoms with E-state index < -0.39 is 29.5 Å². The maximum atomic E-state index is 14.1. The van der Waals surface area contributed by atoms with Crippen LogP contribution in [-0.4, -0.2) is 22.1 Å². The normalized spacial score (nSPS) is 10.8. The maximum absolute atomic E-state index is 14.1. The van der Waals surface area contributed by atoms with Crippen LogP contribution in [0.25, 0.3) is 5.69 Å². The fourth-order valence-electron chi connectivity index (χ4n) is 2.41. The summed E-state index contributed by atoms with van der Waals surface area (Å²) in [6.45, 7) is 3.78. The van der Waals surface area contributed by atoms with E-state index >= 15 is 0 Å². The van der Waals surface area contributed by atoms with Gasteiger partial charge in [-0.05, 0) is 42.5 Å². The molecule has 6 nitrogen and oxygen atoms in total. The fraction of sp³-hybridized carbons (Fsp3) is 0.200. The van der Waals surface area contributed by atoms with Gasteiger partial charge in [-0.2, -0.15) is 5.10 Å². The molecule has 0 aliphatic heterocycles. The first-order valence-corrected chi connectivity index (χ1v) is 8.95. The average molecular weight is 443 g/mol. The Hall–Kier alpha value is -3.63. The third-order valence-corrected chi connectivity index (χ3v) is 3.66. The van der Waals surface area contributed by atoms with E-state index in [9.17, 15) is 26.7 Å². The summed E-state index contributed by atoms with van der Waals surface area (Å²) in [5, 5.41) is 4.15. The minimum Gasteiger partial charge on any atom is -0.484 e. The van der Waals surface area contributed by atoms with Gasteiger partial charge in [-0.15, -0.1) is 13.2 Å². The van der Waals surface area contributed by atoms with E-state index in [-0.39, 0.29) is 18.1 Å². The van der Waals surface area contributed by atoms with Crippen molar-refractivity contribution >= 4 is 5.91 Å². The standard InChI is InChI=1S/C18H12F5N3O3.C2H6/c19-13-5-6-14(16(20)15(13)17(24)27)28-9-10-7-8-26(25-10)11-1-3-12(4-2-11)29-18(21,22)23;1-2/h1-8H,9H2,(H2,24,27);1-2H3. The molecule has 11 heteroatoms. The van der Waals surface area contributed by atoms with Gasteiger partial charge >= 0.3 is 6.36 Å². The summed E-state index contributed by atoms with van der Waals surface area (Å²) in [6, 6.07) is 8.35. The van der Waals surface area contributed by atoms with Crippen LogP contribution in [-0.2, 0) is 6.61 Å². The van der Waals surface area contributed by atoms with Gasteiger partial charge in [-0.1, -0.05) is 13.8 Å². The van der Waals surface area contributed by atoms with E-state index in [0.29, 0.717) is 11.4 Å². The number of rotatable bonds is 6. The lowest BCUT2D eigenvalue weighted by molar-refractivity contribution is -0.274. The molecule has 0 aliphatic rings. The monoisotopic (exact) mass is 443 g/mol. The lowest BCUT2D eigenvalue weighted by atomic mass is 10.1. The zero-order valence-electron chi connectivity index (χ0n) is 16.4. The first-order valence-electron chi connectivity index (χ1n) is 8.95. The Morgan fingerprint density at radius 1 is 1.06 bits per heavy atom. The number of hydrogen-bond donors (Lipinski definition) is 1. The minimum atomic E-state index is -4.79. The Labute approximate surface area is 174 Å². The molecule has 1 amide bonds. The molecule has 0 unspecified atom stereocenters. The number of primary amides is 1. The Morgan fingerprint density at radius 2 is 1.71 bits per heavy atom. The van der Waals surface area contributed by atoms with Gasteiger partial charge in [0.2, 0.25) is 0 Å². The molecule has 0 saturated heterocycles. The van der Waals surface area contributed by atoms with Gasteiger partial charge in [0.05, 0.1) is 5.69 Å². The number of benzene rings is 2. The van der Waals surface area contributed by atoms with Crippen LogP contribution < -0.4 is 15.2 Å². The summed E-state index contributed by atoms with van der Waals surface area (Å²) in [6.07, 6.45) is -3.28. The van der Waals surface area contributed by atoms with Gasteiger partial charge < -0.3 is 15.2 Å². The van der Waals surface area contributed by atoms with Crippen LogP contribution in [0.4, 0.5) is 22.0 Å². The van der Waals surface area contributed by atoms with E-state index in [1.165, 1.54) is 29.1 Å². The Bertz CT molecular complexity index is 1030. The van der Waals surface area contributed by atoms with Crippen LogP contribution in [0, 0.1) is 11.6 Å². The number of carbonyl (C=O) groups is 1. The van der Waals surface area contributed by atoms with Crippen molar-refractivity contribution < 1.29 is 36.2 Å². The highest BCUT2D eigenvalue weighted by atomic mass is 19.4. The summed E-state index contributed by atoms with van der Waals surface area (Å²) in [4.78, 5) is 11.1. The van der Waals surface area contributed by atoms with Gasteiger partial charge in [0.15, 0.2) is 11.6 Å². The van der Waals surface area contributed by atoms with Crippen LogP contribution in [0.1, 0.15) is 29.9 Å². The number of carbonyl (C=O) groups excluding carboxylic acids is 1. The molecular weight excluding hydrogens is 425 g/mol. The minimum absolute atomic E-state index is 0.219. The first-order chi connectivity index (χ1) is 14.6. The number of ether oxygens (including phenoxy) is 2. The summed E-state index contributed by atoms with van der Waals surface area (Å²) in [5.74, 6) is -4.37. The number of alkyl halides is 3. The molecule has 1 heterocycles. The number of amides is 1. The van der Waals surface area contributed by atoms with Crippen molar-refractivity contribution in [3.63, 3.8) is 0 Å². The highest BCUT2D eigenvalue weighted by Crippen LogP contribution is 2.25. The average Bonchev–Trinajstić information content (AvgIpc) is 3.17. The van der Waals surface area contributed by atoms with Crippen LogP contribution >= 0.6 is 0 Å². The van der Waals surface area contributed by atoms with Crippen LogP contribution in [0.2, 0.25) is 0 Å². The summed E-state index contributed by atoms with van der Waals surface area (Å²) >= 11 is 0. The van der Waals surface area contributed by atoms with Crippen LogP contribution in [0.3, 0.4) is 0 Å². The zero-order valence-corrected chi connectivity index (χ0v) is 16.4. The summed E-state index contributed by atoms with van der Waals surface area (Å²) in [7, 11) is 0. The van der Waals surface area contributed by atoms with E-state index in [4.69, 9.17) is 10.5 Å². The largest absolute Gasteiger partial charge is 0.573 e. The van der Waals surface area contributed by atoms with Crippen LogP contribution in [0.15, 0.2) is 48.7 Å². The Balaban J connectivity index is 0.00000166. The second-order valence-corrected chi connectivity index (χ2v) is 5.68. The number of nitrogens with zero attached hydrogens (tertiary/aromatic N) is 2. The quantitative estimate of drug-likeness (QED) is 0.558. The third-order valence-electron chi connectivity index (χ3n) is 3.66. The van der Waals surface area contributed by atoms with E-state index in [1.54, 1.807) is 0 Å². The molecule has 0 radical (unpaired) electrons. The van der Waals surface area contributed by atoms with Crippen molar-refractivity contribution in [3.05, 3.63) is 71.6 Å². The summed E-state index contributed by atoms with van der Waals surface area (Å²) in [5.41, 5.74) is 4.81. The van der Waals surface area contributed by atoms with Gasteiger partial charge in [0.1, 0.15) is 29.4 Å². The third kappa shape index (κ3) is 6.17. The van der Waals surface area contributed by atoms with Crippen molar-refractivity contribution in [3.8, 4) is 17.2 Å².